The lowest BCUT2D eigenvalue weighted by Crippen LogP contribution is -2.40. The molecule has 18 heavy (non-hydrogen) atoms. The number of hydrogen-bond acceptors (Lipinski definition) is 3. The van der Waals surface area contributed by atoms with Crippen molar-refractivity contribution in [2.24, 2.45) is 0 Å². The molecule has 0 bridgehead atoms. The van der Waals surface area contributed by atoms with Crippen LogP contribution in [-0.4, -0.2) is 12.2 Å². The largest absolute Gasteiger partial charge is 0.405 e. The Morgan fingerprint density at radius 3 is 2.67 bits per heavy atom. The van der Waals surface area contributed by atoms with Crippen LogP contribution < -0.4 is 10.9 Å². The molecule has 96 valence electrons. The molecular weight excluding hydrogens is 261 g/mol. The molecule has 2 nitrogen and oxygen atoms in total. The van der Waals surface area contributed by atoms with Crippen molar-refractivity contribution >= 4 is 21.4 Å². The lowest BCUT2D eigenvalue weighted by molar-refractivity contribution is -0.153. The molecule has 3 rings (SSSR count). The van der Waals surface area contributed by atoms with Gasteiger partial charge in [-0.3, -0.25) is 0 Å². The summed E-state index contributed by atoms with van der Waals surface area (Å²) in [6.07, 6.45) is -4.17. The molecule has 0 spiro atoms. The number of rotatable bonds is 1. The first-order chi connectivity index (χ1) is 8.55. The van der Waals surface area contributed by atoms with Gasteiger partial charge in [0, 0.05) is 10.7 Å². The summed E-state index contributed by atoms with van der Waals surface area (Å²) in [4.78, 5) is 0. The lowest BCUT2D eigenvalue weighted by Gasteiger charge is -2.13. The standard InChI is InChI=1S/C12H11F3N2S/c13-12(14,15)11-5-9(16-17-11)8-6-18-10-4-2-1-3-7(8)10/h1-4,6,9,11,16-17H,5H2. The van der Waals surface area contributed by atoms with E-state index in [9.17, 15) is 13.2 Å². The fraction of sp³-hybridized carbons (Fsp3) is 0.333. The van der Waals surface area contributed by atoms with Crippen molar-refractivity contribution in [1.82, 2.24) is 10.9 Å². The van der Waals surface area contributed by atoms with Gasteiger partial charge >= 0.3 is 6.18 Å². The number of fused-ring (bicyclic) bond motifs is 1. The maximum atomic E-state index is 12.6. The first kappa shape index (κ1) is 12.0. The maximum absolute atomic E-state index is 12.6. The van der Waals surface area contributed by atoms with Gasteiger partial charge in [-0.2, -0.15) is 13.2 Å². The van der Waals surface area contributed by atoms with E-state index in [0.717, 1.165) is 15.6 Å². The Balaban J connectivity index is 1.89. The van der Waals surface area contributed by atoms with E-state index in [1.54, 1.807) is 11.3 Å². The second-order valence-electron chi connectivity index (χ2n) is 4.36. The van der Waals surface area contributed by atoms with E-state index in [-0.39, 0.29) is 12.5 Å². The average molecular weight is 272 g/mol. The van der Waals surface area contributed by atoms with Crippen LogP contribution in [0.4, 0.5) is 13.2 Å². The van der Waals surface area contributed by atoms with E-state index in [4.69, 9.17) is 0 Å². The quantitative estimate of drug-likeness (QED) is 0.831. The molecule has 1 saturated heterocycles. The first-order valence-electron chi connectivity index (χ1n) is 5.59. The van der Waals surface area contributed by atoms with Crippen LogP contribution in [0.3, 0.4) is 0 Å². The van der Waals surface area contributed by atoms with Gasteiger partial charge in [0.1, 0.15) is 6.04 Å². The molecule has 1 aliphatic heterocycles. The topological polar surface area (TPSA) is 24.1 Å². The molecule has 0 saturated carbocycles. The van der Waals surface area contributed by atoms with Gasteiger partial charge in [-0.15, -0.1) is 11.3 Å². The Morgan fingerprint density at radius 2 is 1.94 bits per heavy atom. The molecule has 1 aliphatic rings. The van der Waals surface area contributed by atoms with Crippen LogP contribution in [0.5, 0.6) is 0 Å². The van der Waals surface area contributed by atoms with Crippen molar-refractivity contribution in [2.45, 2.75) is 24.7 Å². The van der Waals surface area contributed by atoms with E-state index < -0.39 is 12.2 Å². The molecule has 0 aliphatic carbocycles. The predicted molar refractivity (Wildman–Crippen MR) is 65.3 cm³/mol. The minimum Gasteiger partial charge on any atom is -0.250 e. The molecule has 1 fully saturated rings. The molecule has 1 aromatic carbocycles. The smallest absolute Gasteiger partial charge is 0.250 e. The number of thiophene rings is 1. The van der Waals surface area contributed by atoms with E-state index in [0.29, 0.717) is 0 Å². The SMILES string of the molecule is FC(F)(F)C1CC(c2csc3ccccc23)NN1. The summed E-state index contributed by atoms with van der Waals surface area (Å²) in [5.41, 5.74) is 6.01. The summed E-state index contributed by atoms with van der Waals surface area (Å²) < 4.78 is 38.9. The van der Waals surface area contributed by atoms with Crippen molar-refractivity contribution in [3.63, 3.8) is 0 Å². The number of benzene rings is 1. The van der Waals surface area contributed by atoms with E-state index >= 15 is 0 Å². The molecule has 0 radical (unpaired) electrons. The zero-order chi connectivity index (χ0) is 12.8. The summed E-state index contributed by atoms with van der Waals surface area (Å²) in [7, 11) is 0. The van der Waals surface area contributed by atoms with Gasteiger partial charge in [0.05, 0.1) is 0 Å². The fourth-order valence-corrected chi connectivity index (χ4v) is 3.26. The summed E-state index contributed by atoms with van der Waals surface area (Å²) >= 11 is 1.56. The second kappa shape index (κ2) is 4.22. The van der Waals surface area contributed by atoms with Crippen LogP contribution in [0.2, 0.25) is 0 Å². The van der Waals surface area contributed by atoms with Crippen LogP contribution >= 0.6 is 11.3 Å². The highest BCUT2D eigenvalue weighted by molar-refractivity contribution is 7.17. The summed E-state index contributed by atoms with van der Waals surface area (Å²) in [6.45, 7) is 0. The van der Waals surface area contributed by atoms with Crippen molar-refractivity contribution in [2.75, 3.05) is 0 Å². The van der Waals surface area contributed by atoms with Gasteiger partial charge in [-0.05, 0) is 28.8 Å². The number of alkyl halides is 3. The first-order valence-corrected chi connectivity index (χ1v) is 6.47. The van der Waals surface area contributed by atoms with E-state index in [2.05, 4.69) is 10.9 Å². The van der Waals surface area contributed by atoms with Crippen molar-refractivity contribution in [3.05, 3.63) is 35.2 Å². The van der Waals surface area contributed by atoms with Crippen molar-refractivity contribution < 1.29 is 13.2 Å². The van der Waals surface area contributed by atoms with Gasteiger partial charge in [-0.25, -0.2) is 10.9 Å². The molecule has 0 amide bonds. The van der Waals surface area contributed by atoms with Crippen molar-refractivity contribution in [3.8, 4) is 0 Å². The monoisotopic (exact) mass is 272 g/mol. The molecule has 2 N–H and O–H groups in total. The average Bonchev–Trinajstić information content (AvgIpc) is 2.94. The highest BCUT2D eigenvalue weighted by Crippen LogP contribution is 2.36. The Bertz CT molecular complexity index is 564. The van der Waals surface area contributed by atoms with Gasteiger partial charge in [0.2, 0.25) is 0 Å². The zero-order valence-corrected chi connectivity index (χ0v) is 10.1. The molecule has 2 aromatic rings. The van der Waals surface area contributed by atoms with Gasteiger partial charge in [0.25, 0.3) is 0 Å². The highest BCUT2D eigenvalue weighted by atomic mass is 32.1. The summed E-state index contributed by atoms with van der Waals surface area (Å²) in [6, 6.07) is 6.01. The van der Waals surface area contributed by atoms with Crippen LogP contribution in [0.1, 0.15) is 18.0 Å². The second-order valence-corrected chi connectivity index (χ2v) is 5.27. The minimum absolute atomic E-state index is 0.0320. The third kappa shape index (κ3) is 2.00. The fourth-order valence-electron chi connectivity index (χ4n) is 2.24. The Hall–Kier alpha value is -1.11. The van der Waals surface area contributed by atoms with Crippen LogP contribution in [0, 0.1) is 0 Å². The molecule has 2 atom stereocenters. The predicted octanol–water partition coefficient (Wildman–Crippen LogP) is 3.37. The summed E-state index contributed by atoms with van der Waals surface area (Å²) in [5.74, 6) is 0. The Kier molecular flexibility index (Phi) is 2.80. The molecule has 2 heterocycles. The number of hydrazine groups is 1. The molecule has 1 aromatic heterocycles. The third-order valence-corrected chi connectivity index (χ3v) is 4.17. The molecular formula is C12H11F3N2S. The molecule has 6 heteroatoms. The van der Waals surface area contributed by atoms with E-state index in [1.807, 2.05) is 29.6 Å². The van der Waals surface area contributed by atoms with Gasteiger partial charge in [-0.1, -0.05) is 18.2 Å². The molecule has 2 unspecified atom stereocenters. The Morgan fingerprint density at radius 1 is 1.17 bits per heavy atom. The number of hydrogen-bond donors (Lipinski definition) is 2. The minimum atomic E-state index is -4.20. The maximum Gasteiger partial charge on any atom is 0.405 e. The van der Waals surface area contributed by atoms with Gasteiger partial charge < -0.3 is 0 Å². The highest BCUT2D eigenvalue weighted by Gasteiger charge is 2.44. The third-order valence-electron chi connectivity index (χ3n) is 3.18. The van der Waals surface area contributed by atoms with E-state index in [1.165, 1.54) is 0 Å². The number of halogens is 3. The van der Waals surface area contributed by atoms with Crippen LogP contribution in [0.15, 0.2) is 29.6 Å². The van der Waals surface area contributed by atoms with Crippen LogP contribution in [-0.2, 0) is 0 Å². The van der Waals surface area contributed by atoms with Crippen LogP contribution in [0.25, 0.3) is 10.1 Å². The zero-order valence-electron chi connectivity index (χ0n) is 9.29. The van der Waals surface area contributed by atoms with Gasteiger partial charge in [0.15, 0.2) is 0 Å². The number of nitrogens with one attached hydrogen (secondary N) is 2. The Labute approximate surface area is 106 Å². The normalized spacial score (nSPS) is 24.8. The lowest BCUT2D eigenvalue weighted by atomic mass is 10.0. The van der Waals surface area contributed by atoms with Crippen molar-refractivity contribution in [1.29, 1.82) is 0 Å². The summed E-state index contributed by atoms with van der Waals surface area (Å²) in [5, 5.41) is 2.97.